The van der Waals surface area contributed by atoms with Crippen molar-refractivity contribution in [2.45, 2.75) is 33.0 Å². The van der Waals surface area contributed by atoms with Crippen LogP contribution in [0.2, 0.25) is 5.02 Å². The summed E-state index contributed by atoms with van der Waals surface area (Å²) in [5, 5.41) is 20.4. The van der Waals surface area contributed by atoms with Crippen LogP contribution in [0.1, 0.15) is 28.4 Å². The van der Waals surface area contributed by atoms with Gasteiger partial charge < -0.3 is 14.2 Å². The summed E-state index contributed by atoms with van der Waals surface area (Å²) >= 11 is 6.12. The number of rotatable bonds is 5. The molecule has 0 radical (unpaired) electrons. The third-order valence-corrected chi connectivity index (χ3v) is 5.91. The lowest BCUT2D eigenvalue weighted by Crippen LogP contribution is -2.27. The Balaban J connectivity index is 1.75. The first kappa shape index (κ1) is 19.5. The summed E-state index contributed by atoms with van der Waals surface area (Å²) in [5.74, 6) is 0. The Morgan fingerprint density at radius 3 is 2.24 bits per heavy atom. The normalized spacial score (nSPS) is 12.4. The fourth-order valence-electron chi connectivity index (χ4n) is 3.75. The van der Waals surface area contributed by atoms with E-state index in [2.05, 4.69) is 19.1 Å². The van der Waals surface area contributed by atoms with Crippen molar-refractivity contribution in [3.8, 4) is 0 Å². The molecule has 0 aliphatic heterocycles. The van der Waals surface area contributed by atoms with Gasteiger partial charge in [0.15, 0.2) is 0 Å². The van der Waals surface area contributed by atoms with Gasteiger partial charge in [0.2, 0.25) is 5.62 Å². The summed E-state index contributed by atoms with van der Waals surface area (Å²) < 4.78 is 3.87. The molecule has 0 spiro atoms. The van der Waals surface area contributed by atoms with Gasteiger partial charge in [0.05, 0.1) is 30.2 Å². The summed E-state index contributed by atoms with van der Waals surface area (Å²) in [6, 6.07) is 21.8. The van der Waals surface area contributed by atoms with E-state index >= 15 is 0 Å². The zero-order valence-corrected chi connectivity index (χ0v) is 17.3. The first-order valence-electron chi connectivity index (χ1n) is 9.67. The van der Waals surface area contributed by atoms with Crippen LogP contribution in [0.3, 0.4) is 0 Å². The Hall–Kier alpha value is -2.82. The maximum atomic E-state index is 10.9. The molecule has 4 rings (SSSR count). The first-order chi connectivity index (χ1) is 14.0. The molecule has 4 nitrogen and oxygen atoms in total. The second kappa shape index (κ2) is 7.90. The molecule has 0 aliphatic rings. The van der Waals surface area contributed by atoms with E-state index in [0.29, 0.717) is 23.7 Å². The number of imidazole rings is 1. The highest BCUT2D eigenvalue weighted by molar-refractivity contribution is 6.31. The van der Waals surface area contributed by atoms with Gasteiger partial charge in [0, 0.05) is 5.02 Å². The Bertz CT molecular complexity index is 1240. The number of fused-ring (bicyclic) bond motifs is 1. The van der Waals surface area contributed by atoms with Gasteiger partial charge >= 0.3 is 0 Å². The zero-order valence-electron chi connectivity index (χ0n) is 16.6. The average molecular weight is 406 g/mol. The third kappa shape index (κ3) is 3.74. The monoisotopic (exact) mass is 405 g/mol. The number of aliphatic hydroxyl groups excluding tert-OH is 1. The number of aromatic nitrogens is 2. The molecular weight excluding hydrogens is 382 g/mol. The molecule has 0 fully saturated rings. The molecule has 29 heavy (non-hydrogen) atoms. The summed E-state index contributed by atoms with van der Waals surface area (Å²) in [6.07, 6.45) is -0.724. The van der Waals surface area contributed by atoms with Crippen molar-refractivity contribution in [3.63, 3.8) is 0 Å². The lowest BCUT2D eigenvalue weighted by molar-refractivity contribution is 0.155. The van der Waals surface area contributed by atoms with Crippen LogP contribution in [0.15, 0.2) is 66.7 Å². The van der Waals surface area contributed by atoms with Crippen molar-refractivity contribution >= 4 is 22.6 Å². The number of aryl methyl sites for hydroxylation is 2. The largest absolute Gasteiger partial charge is 0.387 e. The Morgan fingerprint density at radius 1 is 0.897 bits per heavy atom. The second-order valence-corrected chi connectivity index (χ2v) is 7.87. The first-order valence-corrected chi connectivity index (χ1v) is 10.0. The fraction of sp³-hybridized carbons (Fsp3) is 0.208. The minimum Gasteiger partial charge on any atom is -0.387 e. The van der Waals surface area contributed by atoms with Crippen LogP contribution in [0, 0.1) is 19.3 Å². The van der Waals surface area contributed by atoms with Crippen LogP contribution in [0.25, 0.3) is 11.0 Å². The molecule has 2 N–H and O–H groups in total. The minimum atomic E-state index is -0.724. The van der Waals surface area contributed by atoms with Crippen LogP contribution in [-0.2, 0) is 13.1 Å². The smallest absolute Gasteiger partial charge is 0.203 e. The van der Waals surface area contributed by atoms with Gasteiger partial charge in [-0.15, -0.1) is 0 Å². The Labute approximate surface area is 175 Å². The Kier molecular flexibility index (Phi) is 5.31. The topological polar surface area (TPSA) is 53.9 Å². The molecule has 0 saturated heterocycles. The maximum Gasteiger partial charge on any atom is 0.203 e. The molecule has 1 aromatic heterocycles. The number of para-hydroxylation sites is 2. The summed E-state index contributed by atoms with van der Waals surface area (Å²) in [4.78, 5) is 0. The number of hydrogen-bond donors (Lipinski definition) is 2. The van der Waals surface area contributed by atoms with Gasteiger partial charge in [-0.3, -0.25) is 5.41 Å². The molecule has 0 saturated carbocycles. The molecule has 0 aliphatic carbocycles. The van der Waals surface area contributed by atoms with Gasteiger partial charge in [-0.2, -0.15) is 0 Å². The van der Waals surface area contributed by atoms with Crippen molar-refractivity contribution in [1.82, 2.24) is 9.13 Å². The van der Waals surface area contributed by atoms with E-state index < -0.39 is 6.10 Å². The van der Waals surface area contributed by atoms with Crippen LogP contribution in [0.5, 0.6) is 0 Å². The number of benzene rings is 3. The average Bonchev–Trinajstić information content (AvgIpc) is 2.97. The number of halogens is 1. The Morgan fingerprint density at radius 2 is 1.55 bits per heavy atom. The number of hydrogen-bond acceptors (Lipinski definition) is 2. The second-order valence-electron chi connectivity index (χ2n) is 7.46. The van der Waals surface area contributed by atoms with E-state index in [1.54, 1.807) is 0 Å². The maximum absolute atomic E-state index is 10.9. The van der Waals surface area contributed by atoms with E-state index in [0.717, 1.165) is 22.2 Å². The predicted octanol–water partition coefficient (Wildman–Crippen LogP) is 4.97. The zero-order chi connectivity index (χ0) is 20.5. The van der Waals surface area contributed by atoms with E-state index in [9.17, 15) is 5.11 Å². The number of aliphatic hydroxyl groups is 1. The van der Waals surface area contributed by atoms with Crippen molar-refractivity contribution in [3.05, 3.63) is 99.6 Å². The highest BCUT2D eigenvalue weighted by Crippen LogP contribution is 2.23. The summed E-state index contributed by atoms with van der Waals surface area (Å²) in [5.41, 5.74) is 6.42. The van der Waals surface area contributed by atoms with Gasteiger partial charge in [-0.1, -0.05) is 60.1 Å². The standard InChI is InChI=1S/C24H24ClN3O/c1-16-7-3-4-8-19(16)14-27-21-9-5-6-10-22(21)28(24(27)26)15-23(29)18-11-12-20(25)17(2)13-18/h3-13,23,26,29H,14-15H2,1-2H3. The molecule has 3 aromatic carbocycles. The molecular formula is C24H24ClN3O. The number of nitrogens with one attached hydrogen (secondary N) is 1. The van der Waals surface area contributed by atoms with Crippen molar-refractivity contribution < 1.29 is 5.11 Å². The molecule has 1 heterocycles. The van der Waals surface area contributed by atoms with Crippen LogP contribution in [-0.4, -0.2) is 14.2 Å². The molecule has 1 atom stereocenters. The molecule has 1 unspecified atom stereocenters. The predicted molar refractivity (Wildman–Crippen MR) is 117 cm³/mol. The minimum absolute atomic E-state index is 0.307. The molecule has 0 amide bonds. The van der Waals surface area contributed by atoms with E-state index in [4.69, 9.17) is 17.0 Å². The lowest BCUT2D eigenvalue weighted by Gasteiger charge is -2.14. The van der Waals surface area contributed by atoms with E-state index in [1.165, 1.54) is 11.1 Å². The molecule has 148 valence electrons. The van der Waals surface area contributed by atoms with Crippen molar-refractivity contribution in [2.24, 2.45) is 0 Å². The molecule has 4 aromatic rings. The quantitative estimate of drug-likeness (QED) is 0.483. The highest BCUT2D eigenvalue weighted by atomic mass is 35.5. The van der Waals surface area contributed by atoms with E-state index in [-0.39, 0.29) is 0 Å². The van der Waals surface area contributed by atoms with E-state index in [1.807, 2.05) is 70.7 Å². The van der Waals surface area contributed by atoms with Crippen LogP contribution in [0.4, 0.5) is 0 Å². The SMILES string of the molecule is Cc1cc(C(O)Cn2c(=N)n(Cc3ccccc3C)c3ccccc32)ccc1Cl. The number of nitrogens with zero attached hydrogens (tertiary/aromatic N) is 2. The van der Waals surface area contributed by atoms with Gasteiger partial charge in [-0.25, -0.2) is 0 Å². The summed E-state index contributed by atoms with van der Waals surface area (Å²) in [7, 11) is 0. The van der Waals surface area contributed by atoms with Gasteiger partial charge in [0.25, 0.3) is 0 Å². The summed E-state index contributed by atoms with van der Waals surface area (Å²) in [6.45, 7) is 4.94. The van der Waals surface area contributed by atoms with Crippen molar-refractivity contribution in [1.29, 1.82) is 5.41 Å². The van der Waals surface area contributed by atoms with Gasteiger partial charge in [0.1, 0.15) is 0 Å². The fourth-order valence-corrected chi connectivity index (χ4v) is 3.87. The third-order valence-electron chi connectivity index (χ3n) is 5.49. The van der Waals surface area contributed by atoms with Crippen LogP contribution < -0.4 is 5.62 Å². The molecule has 0 bridgehead atoms. The van der Waals surface area contributed by atoms with Crippen molar-refractivity contribution in [2.75, 3.05) is 0 Å². The highest BCUT2D eigenvalue weighted by Gasteiger charge is 2.16. The molecule has 5 heteroatoms. The van der Waals surface area contributed by atoms with Gasteiger partial charge in [-0.05, 0) is 54.3 Å². The van der Waals surface area contributed by atoms with Crippen LogP contribution >= 0.6 is 11.6 Å². The lowest BCUT2D eigenvalue weighted by atomic mass is 10.1.